The van der Waals surface area contributed by atoms with Crippen molar-refractivity contribution in [1.29, 1.82) is 0 Å². The standard InChI is InChI=1S/C18H19N3O3S/c22-16(15-9-6-12-24-15)20-18(25)19-14-8-3-2-7-13(14)17(23)21-10-4-1-5-11-21/h2-3,6-9,12H,1,4-5,10-11H2,(H2,19,20,22,25). The summed E-state index contributed by atoms with van der Waals surface area (Å²) in [4.78, 5) is 26.6. The predicted molar refractivity (Wildman–Crippen MR) is 98.6 cm³/mol. The van der Waals surface area contributed by atoms with E-state index in [4.69, 9.17) is 16.6 Å². The van der Waals surface area contributed by atoms with Crippen LogP contribution in [-0.4, -0.2) is 34.9 Å². The smallest absolute Gasteiger partial charge is 0.293 e. The Labute approximate surface area is 151 Å². The predicted octanol–water partition coefficient (Wildman–Crippen LogP) is 3.03. The van der Waals surface area contributed by atoms with Crippen molar-refractivity contribution in [2.45, 2.75) is 19.3 Å². The Hall–Kier alpha value is -2.67. The van der Waals surface area contributed by atoms with Crippen molar-refractivity contribution in [3.63, 3.8) is 0 Å². The number of furan rings is 1. The lowest BCUT2D eigenvalue weighted by Gasteiger charge is -2.27. The fourth-order valence-corrected chi connectivity index (χ4v) is 2.97. The fourth-order valence-electron chi connectivity index (χ4n) is 2.77. The summed E-state index contributed by atoms with van der Waals surface area (Å²) >= 11 is 5.18. The molecule has 6 nitrogen and oxygen atoms in total. The van der Waals surface area contributed by atoms with Crippen LogP contribution in [-0.2, 0) is 0 Å². The molecule has 2 N–H and O–H groups in total. The molecule has 0 atom stereocenters. The molecule has 0 aliphatic carbocycles. The zero-order chi connectivity index (χ0) is 17.6. The van der Waals surface area contributed by atoms with Gasteiger partial charge in [0.1, 0.15) is 0 Å². The molecule has 0 spiro atoms. The lowest BCUT2D eigenvalue weighted by molar-refractivity contribution is 0.0725. The summed E-state index contributed by atoms with van der Waals surface area (Å²) < 4.78 is 5.03. The Kier molecular flexibility index (Phi) is 5.45. The maximum absolute atomic E-state index is 12.8. The largest absolute Gasteiger partial charge is 0.459 e. The van der Waals surface area contributed by atoms with Crippen LogP contribution in [0.3, 0.4) is 0 Å². The van der Waals surface area contributed by atoms with E-state index in [9.17, 15) is 9.59 Å². The van der Waals surface area contributed by atoms with E-state index in [1.165, 1.54) is 6.26 Å². The van der Waals surface area contributed by atoms with Gasteiger partial charge < -0.3 is 14.6 Å². The van der Waals surface area contributed by atoms with Crippen LogP contribution in [0.2, 0.25) is 0 Å². The average Bonchev–Trinajstić information content (AvgIpc) is 3.17. The Bertz CT molecular complexity index is 768. The molecule has 0 saturated carbocycles. The highest BCUT2D eigenvalue weighted by atomic mass is 32.1. The summed E-state index contributed by atoms with van der Waals surface area (Å²) in [5.74, 6) is -0.299. The van der Waals surface area contributed by atoms with Gasteiger partial charge in [0, 0.05) is 13.1 Å². The van der Waals surface area contributed by atoms with Gasteiger partial charge in [-0.3, -0.25) is 14.9 Å². The number of benzene rings is 1. The number of carbonyl (C=O) groups is 2. The minimum Gasteiger partial charge on any atom is -0.459 e. The minimum atomic E-state index is -0.442. The summed E-state index contributed by atoms with van der Waals surface area (Å²) in [6, 6.07) is 10.3. The second-order valence-electron chi connectivity index (χ2n) is 5.78. The van der Waals surface area contributed by atoms with Crippen molar-refractivity contribution in [2.75, 3.05) is 18.4 Å². The highest BCUT2D eigenvalue weighted by Gasteiger charge is 2.21. The number of hydrogen-bond acceptors (Lipinski definition) is 4. The quantitative estimate of drug-likeness (QED) is 0.826. The molecule has 2 amide bonds. The molecule has 1 aliphatic heterocycles. The molecule has 1 fully saturated rings. The maximum Gasteiger partial charge on any atom is 0.293 e. The molecular weight excluding hydrogens is 338 g/mol. The van der Waals surface area contributed by atoms with Crippen molar-refractivity contribution >= 4 is 34.8 Å². The second-order valence-corrected chi connectivity index (χ2v) is 6.19. The summed E-state index contributed by atoms with van der Waals surface area (Å²) in [5.41, 5.74) is 1.11. The molecule has 1 aliphatic rings. The van der Waals surface area contributed by atoms with E-state index in [0.717, 1.165) is 32.4 Å². The van der Waals surface area contributed by atoms with Crippen molar-refractivity contribution < 1.29 is 14.0 Å². The summed E-state index contributed by atoms with van der Waals surface area (Å²) in [6.07, 6.45) is 4.63. The van der Waals surface area contributed by atoms with Crippen LogP contribution in [0.1, 0.15) is 40.2 Å². The van der Waals surface area contributed by atoms with Gasteiger partial charge in [-0.25, -0.2) is 0 Å². The number of nitrogens with zero attached hydrogens (tertiary/aromatic N) is 1. The lowest BCUT2D eigenvalue weighted by atomic mass is 10.1. The van der Waals surface area contributed by atoms with E-state index in [0.29, 0.717) is 11.3 Å². The van der Waals surface area contributed by atoms with Crippen LogP contribution in [0.5, 0.6) is 0 Å². The van der Waals surface area contributed by atoms with Gasteiger partial charge in [-0.2, -0.15) is 0 Å². The van der Waals surface area contributed by atoms with Gasteiger partial charge in [0.25, 0.3) is 11.8 Å². The number of carbonyl (C=O) groups excluding carboxylic acids is 2. The third-order valence-electron chi connectivity index (χ3n) is 4.02. The number of nitrogens with one attached hydrogen (secondary N) is 2. The van der Waals surface area contributed by atoms with Gasteiger partial charge in [0.2, 0.25) is 0 Å². The second kappa shape index (κ2) is 7.94. The molecule has 3 rings (SSSR count). The average molecular weight is 357 g/mol. The molecule has 130 valence electrons. The molecule has 7 heteroatoms. The van der Waals surface area contributed by atoms with Crippen molar-refractivity contribution in [1.82, 2.24) is 10.2 Å². The van der Waals surface area contributed by atoms with E-state index in [1.54, 1.807) is 24.3 Å². The normalized spacial score (nSPS) is 14.0. The molecule has 2 aromatic rings. The Balaban J connectivity index is 1.69. The zero-order valence-electron chi connectivity index (χ0n) is 13.7. The number of para-hydroxylation sites is 1. The molecule has 25 heavy (non-hydrogen) atoms. The van der Waals surface area contributed by atoms with Gasteiger partial charge in [0.05, 0.1) is 17.5 Å². The third-order valence-corrected chi connectivity index (χ3v) is 4.23. The number of thiocarbonyl (C=S) groups is 1. The zero-order valence-corrected chi connectivity index (χ0v) is 14.5. The van der Waals surface area contributed by atoms with Crippen LogP contribution in [0, 0.1) is 0 Å². The van der Waals surface area contributed by atoms with E-state index >= 15 is 0 Å². The number of amides is 2. The third kappa shape index (κ3) is 4.24. The summed E-state index contributed by atoms with van der Waals surface area (Å²) in [6.45, 7) is 1.54. The van der Waals surface area contributed by atoms with E-state index in [2.05, 4.69) is 10.6 Å². The van der Waals surface area contributed by atoms with E-state index < -0.39 is 5.91 Å². The van der Waals surface area contributed by atoms with Gasteiger partial charge in [-0.05, 0) is 55.7 Å². The van der Waals surface area contributed by atoms with Gasteiger partial charge >= 0.3 is 0 Å². The maximum atomic E-state index is 12.8. The molecule has 0 bridgehead atoms. The van der Waals surface area contributed by atoms with E-state index in [1.807, 2.05) is 17.0 Å². The van der Waals surface area contributed by atoms with Gasteiger partial charge in [-0.1, -0.05) is 12.1 Å². The highest BCUT2D eigenvalue weighted by Crippen LogP contribution is 2.20. The van der Waals surface area contributed by atoms with Crippen LogP contribution in [0.25, 0.3) is 0 Å². The summed E-state index contributed by atoms with van der Waals surface area (Å²) in [5, 5.41) is 5.58. The molecule has 0 radical (unpaired) electrons. The van der Waals surface area contributed by atoms with Crippen molar-refractivity contribution in [3.8, 4) is 0 Å². The fraction of sp³-hybridized carbons (Fsp3) is 0.278. The van der Waals surface area contributed by atoms with Gasteiger partial charge in [-0.15, -0.1) is 0 Å². The minimum absolute atomic E-state index is 0.0250. The van der Waals surface area contributed by atoms with Crippen molar-refractivity contribution in [3.05, 3.63) is 54.0 Å². The van der Waals surface area contributed by atoms with Crippen LogP contribution in [0.4, 0.5) is 5.69 Å². The first-order valence-electron chi connectivity index (χ1n) is 8.19. The molecule has 1 aromatic carbocycles. The molecular formula is C18H19N3O3S. The van der Waals surface area contributed by atoms with Crippen molar-refractivity contribution in [2.24, 2.45) is 0 Å². The number of likely N-dealkylation sites (tertiary alicyclic amines) is 1. The molecule has 1 saturated heterocycles. The number of piperidine rings is 1. The first-order valence-corrected chi connectivity index (χ1v) is 8.60. The lowest BCUT2D eigenvalue weighted by Crippen LogP contribution is -2.37. The Morgan fingerprint density at radius 1 is 1.04 bits per heavy atom. The summed E-state index contributed by atoms with van der Waals surface area (Å²) in [7, 11) is 0. The first kappa shape index (κ1) is 17.2. The van der Waals surface area contributed by atoms with Gasteiger partial charge in [0.15, 0.2) is 10.9 Å². The topological polar surface area (TPSA) is 74.6 Å². The monoisotopic (exact) mass is 357 g/mol. The first-order chi connectivity index (χ1) is 12.1. The van der Waals surface area contributed by atoms with Crippen LogP contribution in [0.15, 0.2) is 47.1 Å². The highest BCUT2D eigenvalue weighted by molar-refractivity contribution is 7.80. The molecule has 0 unspecified atom stereocenters. The Morgan fingerprint density at radius 3 is 2.52 bits per heavy atom. The van der Waals surface area contributed by atoms with Crippen LogP contribution >= 0.6 is 12.2 Å². The number of anilines is 1. The Morgan fingerprint density at radius 2 is 1.80 bits per heavy atom. The molecule has 1 aromatic heterocycles. The van der Waals surface area contributed by atoms with Crippen LogP contribution < -0.4 is 10.6 Å². The molecule has 2 heterocycles. The van der Waals surface area contributed by atoms with E-state index in [-0.39, 0.29) is 16.8 Å². The number of hydrogen-bond donors (Lipinski definition) is 2. The SMILES string of the molecule is O=C(NC(=S)Nc1ccccc1C(=O)N1CCCCC1)c1ccco1. The number of rotatable bonds is 3.